The van der Waals surface area contributed by atoms with E-state index < -0.39 is 0 Å². The van der Waals surface area contributed by atoms with E-state index in [0.29, 0.717) is 51.7 Å². The summed E-state index contributed by atoms with van der Waals surface area (Å²) in [7, 11) is 3.09. The maximum Gasteiger partial charge on any atom is 0.282 e. The summed E-state index contributed by atoms with van der Waals surface area (Å²) < 4.78 is 31.3. The summed E-state index contributed by atoms with van der Waals surface area (Å²) in [5, 5.41) is 4.81. The highest BCUT2D eigenvalue weighted by atomic mass is 19.1. The Labute approximate surface area is 220 Å². The fourth-order valence-electron chi connectivity index (χ4n) is 4.02. The first kappa shape index (κ1) is 26.8. The minimum atomic E-state index is -0.368. The summed E-state index contributed by atoms with van der Waals surface area (Å²) in [6.45, 7) is 7.38. The molecule has 8 nitrogen and oxygen atoms in total. The molecule has 0 saturated heterocycles. The second-order valence-corrected chi connectivity index (χ2v) is 8.47. The quantitative estimate of drug-likeness (QED) is 0.265. The van der Waals surface area contributed by atoms with Gasteiger partial charge in [0.25, 0.3) is 5.56 Å². The smallest absolute Gasteiger partial charge is 0.282 e. The molecule has 9 heteroatoms. The first-order valence-corrected chi connectivity index (χ1v) is 12.4. The third-order valence-corrected chi connectivity index (χ3v) is 6.22. The van der Waals surface area contributed by atoms with Crippen molar-refractivity contribution < 1.29 is 18.6 Å². The van der Waals surface area contributed by atoms with Crippen LogP contribution in [0.25, 0.3) is 22.3 Å². The van der Waals surface area contributed by atoms with E-state index in [4.69, 9.17) is 19.2 Å². The van der Waals surface area contributed by atoms with Crippen molar-refractivity contribution in [2.75, 3.05) is 40.5 Å². The van der Waals surface area contributed by atoms with Gasteiger partial charge >= 0.3 is 0 Å². The summed E-state index contributed by atoms with van der Waals surface area (Å²) in [6.07, 6.45) is 1.49. The van der Waals surface area contributed by atoms with E-state index in [1.54, 1.807) is 49.6 Å². The Morgan fingerprint density at radius 2 is 1.71 bits per heavy atom. The lowest BCUT2D eigenvalue weighted by Gasteiger charge is -2.18. The van der Waals surface area contributed by atoms with Crippen molar-refractivity contribution in [2.24, 2.45) is 5.10 Å². The van der Waals surface area contributed by atoms with Crippen LogP contribution in [0.3, 0.4) is 0 Å². The molecule has 0 amide bonds. The van der Waals surface area contributed by atoms with Gasteiger partial charge in [-0.15, -0.1) is 0 Å². The number of benzene rings is 3. The highest BCUT2D eigenvalue weighted by Crippen LogP contribution is 2.32. The Kier molecular flexibility index (Phi) is 8.70. The molecule has 0 unspecified atom stereocenters. The monoisotopic (exact) mass is 518 g/mol. The summed E-state index contributed by atoms with van der Waals surface area (Å²) in [6, 6.07) is 16.3. The third kappa shape index (κ3) is 6.00. The van der Waals surface area contributed by atoms with Gasteiger partial charge in [-0.3, -0.25) is 4.79 Å². The first-order valence-electron chi connectivity index (χ1n) is 12.4. The van der Waals surface area contributed by atoms with Crippen molar-refractivity contribution in [3.8, 4) is 28.6 Å². The second kappa shape index (κ2) is 12.3. The molecule has 0 aliphatic heterocycles. The number of fused-ring (bicyclic) bond motifs is 1. The zero-order chi connectivity index (χ0) is 27.1. The van der Waals surface area contributed by atoms with Crippen molar-refractivity contribution in [3.05, 3.63) is 82.4 Å². The predicted molar refractivity (Wildman–Crippen MR) is 147 cm³/mol. The molecule has 0 N–H and O–H groups in total. The molecule has 1 aromatic heterocycles. The number of aromatic nitrogens is 2. The van der Waals surface area contributed by atoms with Crippen LogP contribution in [0.4, 0.5) is 4.39 Å². The van der Waals surface area contributed by atoms with Crippen molar-refractivity contribution >= 4 is 17.1 Å². The largest absolute Gasteiger partial charge is 0.493 e. The van der Waals surface area contributed by atoms with E-state index in [0.717, 1.165) is 19.6 Å². The number of methoxy groups -OCH3 is 2. The number of rotatable bonds is 11. The Balaban J connectivity index is 1.80. The van der Waals surface area contributed by atoms with Crippen LogP contribution in [-0.4, -0.2) is 61.2 Å². The highest BCUT2D eigenvalue weighted by Gasteiger charge is 2.16. The van der Waals surface area contributed by atoms with Crippen LogP contribution < -0.4 is 19.8 Å². The van der Waals surface area contributed by atoms with E-state index in [2.05, 4.69) is 23.8 Å². The fraction of sp³-hybridized carbons (Fsp3) is 0.276. The van der Waals surface area contributed by atoms with E-state index >= 15 is 0 Å². The third-order valence-electron chi connectivity index (χ3n) is 6.22. The normalized spacial score (nSPS) is 11.4. The van der Waals surface area contributed by atoms with Crippen molar-refractivity contribution in [1.82, 2.24) is 14.6 Å². The standard InChI is InChI=1S/C29H31FN4O4/c1-5-33(6-2)15-16-38-23-12-13-25-24(18-23)29(35)34(31-19-20-7-10-22(30)11-8-20)28(32-25)21-9-14-26(36-3)27(17-21)37-4/h7-14,17-19H,5-6,15-16H2,1-4H3. The Bertz CT molecular complexity index is 1480. The van der Waals surface area contributed by atoms with Crippen LogP contribution in [0.1, 0.15) is 19.4 Å². The second-order valence-electron chi connectivity index (χ2n) is 8.47. The first-order chi connectivity index (χ1) is 18.5. The van der Waals surface area contributed by atoms with Gasteiger partial charge in [-0.1, -0.05) is 26.0 Å². The Morgan fingerprint density at radius 3 is 2.39 bits per heavy atom. The molecule has 4 aromatic rings. The number of halogens is 1. The maximum absolute atomic E-state index is 13.7. The lowest BCUT2D eigenvalue weighted by Crippen LogP contribution is -2.28. The van der Waals surface area contributed by atoms with Crippen LogP contribution in [0.2, 0.25) is 0 Å². The molecule has 0 saturated carbocycles. The molecule has 4 rings (SSSR count). The van der Waals surface area contributed by atoms with Crippen LogP contribution in [-0.2, 0) is 0 Å². The molecule has 0 bridgehead atoms. The van der Waals surface area contributed by atoms with Gasteiger partial charge in [-0.25, -0.2) is 9.37 Å². The Morgan fingerprint density at radius 1 is 0.974 bits per heavy atom. The molecule has 0 fully saturated rings. The zero-order valence-corrected chi connectivity index (χ0v) is 22.0. The highest BCUT2D eigenvalue weighted by molar-refractivity contribution is 5.83. The van der Waals surface area contributed by atoms with Crippen molar-refractivity contribution in [1.29, 1.82) is 0 Å². The van der Waals surface area contributed by atoms with Crippen molar-refractivity contribution in [2.45, 2.75) is 13.8 Å². The van der Waals surface area contributed by atoms with Gasteiger partial charge in [0.1, 0.15) is 18.2 Å². The molecule has 0 aliphatic rings. The van der Waals surface area contributed by atoms with Crippen molar-refractivity contribution in [3.63, 3.8) is 0 Å². The summed E-state index contributed by atoms with van der Waals surface area (Å²) >= 11 is 0. The van der Waals surface area contributed by atoms with Gasteiger partial charge in [0.2, 0.25) is 0 Å². The van der Waals surface area contributed by atoms with Gasteiger partial charge in [0.15, 0.2) is 17.3 Å². The number of ether oxygens (including phenoxy) is 3. The Hall–Kier alpha value is -4.24. The molecule has 0 aliphatic carbocycles. The van der Waals surface area contributed by atoms with Crippen LogP contribution >= 0.6 is 0 Å². The zero-order valence-electron chi connectivity index (χ0n) is 22.0. The molecule has 3 aromatic carbocycles. The number of hydrogen-bond donors (Lipinski definition) is 0. The van der Waals surface area contributed by atoms with E-state index in [1.807, 2.05) is 6.07 Å². The van der Waals surface area contributed by atoms with Crippen LogP contribution in [0, 0.1) is 5.82 Å². The molecular weight excluding hydrogens is 487 g/mol. The maximum atomic E-state index is 13.7. The fourth-order valence-corrected chi connectivity index (χ4v) is 4.02. The molecule has 38 heavy (non-hydrogen) atoms. The molecule has 0 radical (unpaired) electrons. The number of likely N-dealkylation sites (N-methyl/N-ethyl adjacent to an activating group) is 1. The predicted octanol–water partition coefficient (Wildman–Crippen LogP) is 4.82. The minimum absolute atomic E-state index is 0.317. The van der Waals surface area contributed by atoms with E-state index in [9.17, 15) is 9.18 Å². The minimum Gasteiger partial charge on any atom is -0.493 e. The van der Waals surface area contributed by atoms with Gasteiger partial charge in [0.05, 0.1) is 31.3 Å². The number of nitrogens with zero attached hydrogens (tertiary/aromatic N) is 4. The van der Waals surface area contributed by atoms with E-state index in [-0.39, 0.29) is 11.4 Å². The average Bonchev–Trinajstić information content (AvgIpc) is 2.95. The SMILES string of the molecule is CCN(CC)CCOc1ccc2nc(-c3ccc(OC)c(OC)c3)n(N=Cc3ccc(F)cc3)c(=O)c2c1. The summed E-state index contributed by atoms with van der Waals surface area (Å²) in [5.74, 6) is 1.58. The number of hydrogen-bond acceptors (Lipinski definition) is 7. The summed E-state index contributed by atoms with van der Waals surface area (Å²) in [5.41, 5.74) is 1.37. The molecule has 0 atom stereocenters. The van der Waals surface area contributed by atoms with Crippen LogP contribution in [0.5, 0.6) is 17.2 Å². The topological polar surface area (TPSA) is 78.2 Å². The lowest BCUT2D eigenvalue weighted by molar-refractivity contribution is 0.223. The van der Waals surface area contributed by atoms with E-state index in [1.165, 1.54) is 30.1 Å². The average molecular weight is 519 g/mol. The lowest BCUT2D eigenvalue weighted by atomic mass is 10.1. The molecule has 198 valence electrons. The van der Waals surface area contributed by atoms with Gasteiger partial charge in [0, 0.05) is 12.1 Å². The molecule has 1 heterocycles. The molecular formula is C29H31FN4O4. The van der Waals surface area contributed by atoms with Gasteiger partial charge in [-0.2, -0.15) is 9.78 Å². The van der Waals surface area contributed by atoms with Gasteiger partial charge < -0.3 is 19.1 Å². The van der Waals surface area contributed by atoms with Crippen LogP contribution in [0.15, 0.2) is 70.6 Å². The summed E-state index contributed by atoms with van der Waals surface area (Å²) in [4.78, 5) is 20.8. The van der Waals surface area contributed by atoms with Gasteiger partial charge in [-0.05, 0) is 67.2 Å². The molecule has 0 spiro atoms.